The maximum Gasteiger partial charge on any atom is 0.227 e. The Morgan fingerprint density at radius 3 is 2.17 bits per heavy atom. The minimum atomic E-state index is -0.676. The molecule has 4 saturated carbocycles. The second kappa shape index (κ2) is 4.22. The molecule has 98 valence electrons. The summed E-state index contributed by atoms with van der Waals surface area (Å²) in [5, 5.41) is 20.4. The van der Waals surface area contributed by atoms with Gasteiger partial charge in [0.15, 0.2) is 0 Å². The molecule has 0 spiro atoms. The van der Waals surface area contributed by atoms with Gasteiger partial charge >= 0.3 is 0 Å². The first-order valence-corrected chi connectivity index (χ1v) is 7.18. The Kier molecular flexibility index (Phi) is 2.80. The number of nitro groups is 1. The largest absolute Gasteiger partial charge is 0.264 e. The highest BCUT2D eigenvalue weighted by Crippen LogP contribution is 2.60. The number of hydrogen-bond acceptors (Lipinski definition) is 3. The van der Waals surface area contributed by atoms with E-state index in [2.05, 4.69) is 6.07 Å². The first-order valence-electron chi connectivity index (χ1n) is 7.18. The molecule has 0 aromatic carbocycles. The number of hydrogen-bond donors (Lipinski definition) is 0. The van der Waals surface area contributed by atoms with Crippen LogP contribution in [0.5, 0.6) is 0 Å². The van der Waals surface area contributed by atoms with Crippen molar-refractivity contribution < 1.29 is 4.92 Å². The molecule has 0 aliphatic heterocycles. The summed E-state index contributed by atoms with van der Waals surface area (Å²) < 4.78 is 0. The van der Waals surface area contributed by atoms with Gasteiger partial charge in [0.1, 0.15) is 0 Å². The van der Waals surface area contributed by atoms with E-state index in [1.54, 1.807) is 0 Å². The first-order chi connectivity index (χ1) is 8.66. The molecule has 0 radical (unpaired) electrons. The molecule has 4 fully saturated rings. The van der Waals surface area contributed by atoms with Gasteiger partial charge in [-0.15, -0.1) is 0 Å². The standard InChI is InChI=1S/C14H20N2O2/c15-4-2-1-3-14(16(17)18)12-6-10-5-11(8-12)9-13(14)7-10/h10-13H,1-3,5-9H2. The molecular formula is C14H20N2O2. The fourth-order valence-electron chi connectivity index (χ4n) is 5.25. The van der Waals surface area contributed by atoms with Crippen molar-refractivity contribution in [3.05, 3.63) is 10.1 Å². The summed E-state index contributed by atoms with van der Waals surface area (Å²) in [6.07, 6.45) is 7.38. The van der Waals surface area contributed by atoms with E-state index in [1.807, 2.05) is 0 Å². The molecular weight excluding hydrogens is 228 g/mol. The van der Waals surface area contributed by atoms with Crippen molar-refractivity contribution in [1.29, 1.82) is 5.26 Å². The van der Waals surface area contributed by atoms with Crippen molar-refractivity contribution in [2.24, 2.45) is 23.7 Å². The summed E-state index contributed by atoms with van der Waals surface area (Å²) in [6.45, 7) is 0. The maximum absolute atomic E-state index is 11.7. The summed E-state index contributed by atoms with van der Waals surface area (Å²) in [4.78, 5) is 11.8. The topological polar surface area (TPSA) is 66.9 Å². The molecule has 4 aliphatic rings. The van der Waals surface area contributed by atoms with Crippen LogP contribution in [0.2, 0.25) is 0 Å². The summed E-state index contributed by atoms with van der Waals surface area (Å²) in [5.41, 5.74) is -0.676. The summed E-state index contributed by atoms with van der Waals surface area (Å²) in [5.74, 6) is 2.11. The summed E-state index contributed by atoms with van der Waals surface area (Å²) in [7, 11) is 0. The fraction of sp³-hybridized carbons (Fsp3) is 0.929. The quantitative estimate of drug-likeness (QED) is 0.436. The molecule has 0 aromatic heterocycles. The van der Waals surface area contributed by atoms with E-state index in [9.17, 15) is 10.1 Å². The lowest BCUT2D eigenvalue weighted by molar-refractivity contribution is -0.605. The number of nitrogens with zero attached hydrogens (tertiary/aromatic N) is 2. The molecule has 0 amide bonds. The van der Waals surface area contributed by atoms with Crippen LogP contribution in [-0.4, -0.2) is 10.5 Å². The van der Waals surface area contributed by atoms with Crippen molar-refractivity contribution >= 4 is 0 Å². The van der Waals surface area contributed by atoms with Crippen LogP contribution >= 0.6 is 0 Å². The van der Waals surface area contributed by atoms with Gasteiger partial charge < -0.3 is 0 Å². The third-order valence-electron chi connectivity index (χ3n) is 5.76. The van der Waals surface area contributed by atoms with Crippen LogP contribution in [0.3, 0.4) is 0 Å². The van der Waals surface area contributed by atoms with Crippen LogP contribution in [0, 0.1) is 45.1 Å². The molecule has 0 unspecified atom stereocenters. The second-order valence-corrected chi connectivity index (χ2v) is 6.56. The molecule has 0 N–H and O–H groups in total. The normalized spacial score (nSPS) is 44.8. The lowest BCUT2D eigenvalue weighted by atomic mass is 9.48. The zero-order valence-electron chi connectivity index (χ0n) is 10.7. The van der Waals surface area contributed by atoms with E-state index in [-0.39, 0.29) is 4.92 Å². The highest BCUT2D eigenvalue weighted by molar-refractivity contribution is 5.07. The van der Waals surface area contributed by atoms with Crippen LogP contribution in [-0.2, 0) is 0 Å². The molecule has 0 saturated heterocycles. The van der Waals surface area contributed by atoms with Gasteiger partial charge in [-0.25, -0.2) is 0 Å². The third kappa shape index (κ3) is 1.56. The SMILES string of the molecule is N#CCCCC1([N+](=O)[O-])C2CC3CC(C2)CC1C3. The molecule has 4 nitrogen and oxygen atoms in total. The average Bonchev–Trinajstić information content (AvgIpc) is 2.31. The van der Waals surface area contributed by atoms with Crippen LogP contribution < -0.4 is 0 Å². The zero-order valence-corrected chi connectivity index (χ0v) is 10.7. The minimum Gasteiger partial charge on any atom is -0.264 e. The van der Waals surface area contributed by atoms with Crippen molar-refractivity contribution in [2.75, 3.05) is 0 Å². The Morgan fingerprint density at radius 2 is 1.72 bits per heavy atom. The molecule has 0 atom stereocenters. The van der Waals surface area contributed by atoms with Gasteiger partial charge in [-0.3, -0.25) is 10.1 Å². The number of unbranched alkanes of at least 4 members (excludes halogenated alkanes) is 1. The molecule has 0 aromatic rings. The van der Waals surface area contributed by atoms with Crippen LogP contribution in [0.4, 0.5) is 0 Å². The zero-order chi connectivity index (χ0) is 12.8. The fourth-order valence-corrected chi connectivity index (χ4v) is 5.25. The van der Waals surface area contributed by atoms with Gasteiger partial charge in [-0.05, 0) is 50.4 Å². The Morgan fingerprint density at radius 1 is 1.17 bits per heavy atom. The average molecular weight is 248 g/mol. The predicted octanol–water partition coefficient (Wildman–Crippen LogP) is 3.15. The van der Waals surface area contributed by atoms with E-state index in [0.29, 0.717) is 31.1 Å². The van der Waals surface area contributed by atoms with E-state index in [1.165, 1.54) is 6.42 Å². The first kappa shape index (κ1) is 12.0. The van der Waals surface area contributed by atoms with Crippen LogP contribution in [0.15, 0.2) is 0 Å². The lowest BCUT2D eigenvalue weighted by Crippen LogP contribution is -2.61. The number of nitriles is 1. The summed E-state index contributed by atoms with van der Waals surface area (Å²) in [6, 6.07) is 2.12. The minimum absolute atomic E-state index is 0.0392. The van der Waals surface area contributed by atoms with E-state index < -0.39 is 5.54 Å². The molecule has 4 bridgehead atoms. The van der Waals surface area contributed by atoms with Gasteiger partial charge in [0.2, 0.25) is 5.54 Å². The van der Waals surface area contributed by atoms with E-state index in [4.69, 9.17) is 5.26 Å². The predicted molar refractivity (Wildman–Crippen MR) is 66.2 cm³/mol. The Labute approximate surface area is 108 Å². The lowest BCUT2D eigenvalue weighted by Gasteiger charge is -2.56. The molecule has 4 aliphatic carbocycles. The smallest absolute Gasteiger partial charge is 0.227 e. The van der Waals surface area contributed by atoms with E-state index >= 15 is 0 Å². The highest BCUT2D eigenvalue weighted by Gasteiger charge is 2.64. The molecule has 0 heterocycles. The van der Waals surface area contributed by atoms with Crippen LogP contribution in [0.1, 0.15) is 51.4 Å². The van der Waals surface area contributed by atoms with Gasteiger partial charge in [0.05, 0.1) is 6.07 Å². The van der Waals surface area contributed by atoms with Gasteiger partial charge in [0, 0.05) is 29.6 Å². The Balaban J connectivity index is 1.85. The van der Waals surface area contributed by atoms with Gasteiger partial charge in [0.25, 0.3) is 0 Å². The molecule has 4 heteroatoms. The maximum atomic E-state index is 11.7. The van der Waals surface area contributed by atoms with Gasteiger partial charge in [-0.2, -0.15) is 5.26 Å². The monoisotopic (exact) mass is 248 g/mol. The second-order valence-electron chi connectivity index (χ2n) is 6.56. The highest BCUT2D eigenvalue weighted by atomic mass is 16.6. The third-order valence-corrected chi connectivity index (χ3v) is 5.76. The Bertz CT molecular complexity index is 371. The molecule has 18 heavy (non-hydrogen) atoms. The van der Waals surface area contributed by atoms with Crippen molar-refractivity contribution in [1.82, 2.24) is 0 Å². The Hall–Kier alpha value is -1.11. The summed E-state index contributed by atoms with van der Waals surface area (Å²) >= 11 is 0. The van der Waals surface area contributed by atoms with Crippen molar-refractivity contribution in [3.8, 4) is 6.07 Å². The van der Waals surface area contributed by atoms with Crippen LogP contribution in [0.25, 0.3) is 0 Å². The van der Waals surface area contributed by atoms with Crippen molar-refractivity contribution in [2.45, 2.75) is 56.9 Å². The molecule has 4 rings (SSSR count). The van der Waals surface area contributed by atoms with Crippen molar-refractivity contribution in [3.63, 3.8) is 0 Å². The number of rotatable bonds is 4. The van der Waals surface area contributed by atoms with E-state index in [0.717, 1.165) is 37.5 Å². The van der Waals surface area contributed by atoms with Gasteiger partial charge in [-0.1, -0.05) is 0 Å².